The minimum Gasteiger partial charge on any atom is -0.369 e. The molecule has 8 rings (SSSR count). The first kappa shape index (κ1) is 28.5. The molecule has 2 fully saturated rings. The zero-order valence-electron chi connectivity index (χ0n) is 25.4. The molecule has 8 heteroatoms. The first-order valence-corrected chi connectivity index (χ1v) is 15.7. The summed E-state index contributed by atoms with van der Waals surface area (Å²) in [6.45, 7) is 4.02. The van der Waals surface area contributed by atoms with E-state index < -0.39 is 5.82 Å². The number of aryl methyl sites for hydroxylation is 1. The van der Waals surface area contributed by atoms with E-state index in [0.29, 0.717) is 34.2 Å². The molecule has 7 nitrogen and oxygen atoms in total. The summed E-state index contributed by atoms with van der Waals surface area (Å²) in [5.74, 6) is 0.811. The molecular formula is C36H38FN5O2. The Bertz CT molecular complexity index is 1770. The van der Waals surface area contributed by atoms with Gasteiger partial charge in [-0.1, -0.05) is 12.1 Å². The Morgan fingerprint density at radius 1 is 0.886 bits per heavy atom. The average Bonchev–Trinajstić information content (AvgIpc) is 3.05. The number of nitrogens with zero attached hydrogens (tertiary/aromatic N) is 4. The van der Waals surface area contributed by atoms with E-state index >= 15 is 4.39 Å². The normalized spacial score (nSPS) is 19.6. The fraction of sp³-hybridized carbons (Fsp3) is 0.361. The number of Topliss-reactive ketones (excluding diaryl/α,β-unsaturated/α-hetero) is 1. The number of rotatable bonds is 7. The smallest absolute Gasteiger partial charge is 0.293 e. The number of anilines is 3. The standard InChI is InChI=1S/C36H38FN5O2/c1-40-15-17-42(18-16-40)29-11-9-28(10-12-29)38-35-36(44)41(2)22-33(39-35)25-8-14-32(37)27(19-25)21-34(43)26-7-13-30-23-3-5-24(6-4-23)31(30)20-26/h7-14,19-20,22-24H,3-6,15-18,21H2,1-2H3,(H,38,39). The second kappa shape index (κ2) is 11.7. The first-order chi connectivity index (χ1) is 21.3. The molecule has 2 bridgehead atoms. The highest BCUT2D eigenvalue weighted by atomic mass is 19.1. The van der Waals surface area contributed by atoms with Gasteiger partial charge < -0.3 is 19.7 Å². The Morgan fingerprint density at radius 3 is 2.32 bits per heavy atom. The van der Waals surface area contributed by atoms with Gasteiger partial charge in [0, 0.05) is 68.3 Å². The summed E-state index contributed by atoms with van der Waals surface area (Å²) in [6, 6.07) is 18.8. The maximum Gasteiger partial charge on any atom is 0.293 e. The highest BCUT2D eigenvalue weighted by Gasteiger charge is 2.33. The Labute approximate surface area is 257 Å². The van der Waals surface area contributed by atoms with E-state index in [1.165, 1.54) is 47.4 Å². The molecule has 1 N–H and O–H groups in total. The number of likely N-dealkylation sites (N-methyl/N-ethyl adjacent to an activating group) is 1. The molecule has 1 aliphatic heterocycles. The molecule has 0 unspecified atom stereocenters. The summed E-state index contributed by atoms with van der Waals surface area (Å²) in [6.07, 6.45) is 6.46. The third-order valence-electron chi connectivity index (χ3n) is 9.78. The van der Waals surface area contributed by atoms with Crippen molar-refractivity contribution < 1.29 is 9.18 Å². The molecule has 2 heterocycles. The topological polar surface area (TPSA) is 70.5 Å². The number of benzene rings is 3. The third kappa shape index (κ3) is 5.54. The van der Waals surface area contributed by atoms with Crippen LogP contribution in [0.5, 0.6) is 0 Å². The maximum absolute atomic E-state index is 15.0. The number of aromatic nitrogens is 2. The van der Waals surface area contributed by atoms with Crippen LogP contribution in [0.2, 0.25) is 0 Å². The summed E-state index contributed by atoms with van der Waals surface area (Å²) >= 11 is 0. The van der Waals surface area contributed by atoms with E-state index in [-0.39, 0.29) is 23.6 Å². The van der Waals surface area contributed by atoms with Crippen LogP contribution in [-0.2, 0) is 13.5 Å². The van der Waals surface area contributed by atoms with Crippen LogP contribution in [0, 0.1) is 5.82 Å². The quantitative estimate of drug-likeness (QED) is 0.256. The summed E-state index contributed by atoms with van der Waals surface area (Å²) < 4.78 is 16.5. The van der Waals surface area contributed by atoms with E-state index in [1.54, 1.807) is 25.4 Å². The van der Waals surface area contributed by atoms with Crippen molar-refractivity contribution in [2.24, 2.45) is 7.05 Å². The molecule has 1 aromatic heterocycles. The Morgan fingerprint density at radius 2 is 1.59 bits per heavy atom. The lowest BCUT2D eigenvalue weighted by Gasteiger charge is -2.38. The van der Waals surface area contributed by atoms with Crippen LogP contribution in [0.3, 0.4) is 0 Å². The van der Waals surface area contributed by atoms with E-state index in [0.717, 1.165) is 37.6 Å². The molecule has 1 saturated heterocycles. The van der Waals surface area contributed by atoms with Crippen LogP contribution in [-0.4, -0.2) is 53.5 Å². The molecule has 4 aromatic rings. The molecule has 0 amide bonds. The summed E-state index contributed by atoms with van der Waals surface area (Å²) in [5.41, 5.74) is 6.47. The van der Waals surface area contributed by atoms with E-state index in [9.17, 15) is 9.59 Å². The van der Waals surface area contributed by atoms with Gasteiger partial charge >= 0.3 is 0 Å². The van der Waals surface area contributed by atoms with Crippen molar-refractivity contribution in [3.63, 3.8) is 0 Å². The summed E-state index contributed by atoms with van der Waals surface area (Å²) in [7, 11) is 3.81. The zero-order chi connectivity index (χ0) is 30.4. The van der Waals surface area contributed by atoms with Gasteiger partial charge in [-0.25, -0.2) is 9.37 Å². The van der Waals surface area contributed by atoms with Crippen molar-refractivity contribution in [2.45, 2.75) is 43.9 Å². The number of hydrogen-bond donors (Lipinski definition) is 1. The van der Waals surface area contributed by atoms with Gasteiger partial charge in [0.1, 0.15) is 5.82 Å². The second-order valence-corrected chi connectivity index (χ2v) is 12.7. The molecule has 3 aromatic carbocycles. The number of carbonyl (C=O) groups excluding carboxylic acids is 1. The van der Waals surface area contributed by atoms with Gasteiger partial charge in [-0.2, -0.15) is 0 Å². The van der Waals surface area contributed by atoms with Gasteiger partial charge in [-0.3, -0.25) is 9.59 Å². The van der Waals surface area contributed by atoms with Gasteiger partial charge in [-0.05, 0) is 110 Å². The van der Waals surface area contributed by atoms with Crippen molar-refractivity contribution in [1.29, 1.82) is 0 Å². The Balaban J connectivity index is 1.10. The van der Waals surface area contributed by atoms with Crippen molar-refractivity contribution in [1.82, 2.24) is 14.5 Å². The number of piperazine rings is 1. The molecule has 3 aliphatic carbocycles. The lowest BCUT2D eigenvalue weighted by atomic mass is 9.67. The van der Waals surface area contributed by atoms with Crippen LogP contribution in [0.1, 0.15) is 64.6 Å². The second-order valence-electron chi connectivity index (χ2n) is 12.7. The van der Waals surface area contributed by atoms with Crippen molar-refractivity contribution in [3.8, 4) is 11.3 Å². The van der Waals surface area contributed by atoms with E-state index in [2.05, 4.69) is 51.4 Å². The molecule has 0 radical (unpaired) electrons. The van der Waals surface area contributed by atoms with Crippen molar-refractivity contribution in [3.05, 3.63) is 105 Å². The molecule has 4 aliphatic rings. The molecule has 226 valence electrons. The van der Waals surface area contributed by atoms with Crippen LogP contribution in [0.25, 0.3) is 11.3 Å². The van der Waals surface area contributed by atoms with Gasteiger partial charge in [-0.15, -0.1) is 0 Å². The number of hydrogen-bond acceptors (Lipinski definition) is 6. The molecule has 1 saturated carbocycles. The number of nitrogens with one attached hydrogen (secondary N) is 1. The molecule has 0 spiro atoms. The van der Waals surface area contributed by atoms with Crippen LogP contribution in [0.15, 0.2) is 71.7 Å². The lowest BCUT2D eigenvalue weighted by Crippen LogP contribution is -2.44. The zero-order valence-corrected chi connectivity index (χ0v) is 25.4. The van der Waals surface area contributed by atoms with Crippen LogP contribution in [0.4, 0.5) is 21.6 Å². The first-order valence-electron chi connectivity index (χ1n) is 15.7. The fourth-order valence-corrected chi connectivity index (χ4v) is 7.12. The number of carbonyl (C=O) groups is 1. The predicted octanol–water partition coefficient (Wildman–Crippen LogP) is 6.26. The van der Waals surface area contributed by atoms with Crippen LogP contribution < -0.4 is 15.8 Å². The number of ketones is 1. The Hall–Kier alpha value is -4.30. The van der Waals surface area contributed by atoms with Crippen molar-refractivity contribution in [2.75, 3.05) is 43.4 Å². The van der Waals surface area contributed by atoms with Gasteiger partial charge in [0.05, 0.1) is 5.69 Å². The highest BCUT2D eigenvalue weighted by Crippen LogP contribution is 2.49. The summed E-state index contributed by atoms with van der Waals surface area (Å²) in [4.78, 5) is 35.7. The minimum atomic E-state index is -0.428. The van der Waals surface area contributed by atoms with Crippen LogP contribution >= 0.6 is 0 Å². The van der Waals surface area contributed by atoms with E-state index in [4.69, 9.17) is 0 Å². The minimum absolute atomic E-state index is 0.0386. The molecule has 44 heavy (non-hydrogen) atoms. The maximum atomic E-state index is 15.0. The molecular weight excluding hydrogens is 553 g/mol. The van der Waals surface area contributed by atoms with Crippen molar-refractivity contribution >= 4 is 23.0 Å². The number of fused-ring (bicyclic) bond motifs is 2. The predicted molar refractivity (Wildman–Crippen MR) is 173 cm³/mol. The SMILES string of the molecule is CN1CCN(c2ccc(Nc3nc(-c4ccc(F)c(CC(=O)c5ccc6c(c5)C5CCC6CC5)c4)cn(C)c3=O)cc2)CC1. The van der Waals surface area contributed by atoms with Gasteiger partial charge in [0.25, 0.3) is 5.56 Å². The van der Waals surface area contributed by atoms with Gasteiger partial charge in [0.2, 0.25) is 0 Å². The molecule has 0 atom stereocenters. The van der Waals surface area contributed by atoms with Gasteiger partial charge in [0.15, 0.2) is 11.6 Å². The summed E-state index contributed by atoms with van der Waals surface area (Å²) in [5, 5.41) is 3.18. The highest BCUT2D eigenvalue weighted by molar-refractivity contribution is 5.98. The average molecular weight is 592 g/mol. The fourth-order valence-electron chi connectivity index (χ4n) is 7.12. The monoisotopic (exact) mass is 591 g/mol. The number of halogens is 1. The third-order valence-corrected chi connectivity index (χ3v) is 9.78. The lowest BCUT2D eigenvalue weighted by molar-refractivity contribution is 0.0991. The van der Waals surface area contributed by atoms with E-state index in [1.807, 2.05) is 18.2 Å². The largest absolute Gasteiger partial charge is 0.369 e. The Kier molecular flexibility index (Phi) is 7.54.